The van der Waals surface area contributed by atoms with Crippen molar-refractivity contribution in [2.75, 3.05) is 13.1 Å². The Balaban J connectivity index is 1.82. The third-order valence-electron chi connectivity index (χ3n) is 5.02. The average Bonchev–Trinajstić information content (AvgIpc) is 2.49. The normalized spacial score (nSPS) is 24.3. The Labute approximate surface area is 116 Å². The van der Waals surface area contributed by atoms with Crippen LogP contribution in [0.25, 0.3) is 0 Å². The number of hydrogen-bond donors (Lipinski definition) is 2. The summed E-state index contributed by atoms with van der Waals surface area (Å²) in [5.74, 6) is 0.730. The summed E-state index contributed by atoms with van der Waals surface area (Å²) in [6, 6.07) is 9.17. The third-order valence-corrected chi connectivity index (χ3v) is 5.02. The van der Waals surface area contributed by atoms with Crippen molar-refractivity contribution in [3.63, 3.8) is 0 Å². The Morgan fingerprint density at radius 3 is 2.53 bits per heavy atom. The molecule has 1 aliphatic carbocycles. The lowest BCUT2D eigenvalue weighted by molar-refractivity contribution is 0.302. The highest BCUT2D eigenvalue weighted by Gasteiger charge is 2.29. The summed E-state index contributed by atoms with van der Waals surface area (Å²) in [4.78, 5) is 0. The first-order chi connectivity index (χ1) is 9.28. The van der Waals surface area contributed by atoms with E-state index < -0.39 is 0 Å². The van der Waals surface area contributed by atoms with Crippen molar-refractivity contribution in [2.24, 2.45) is 5.73 Å². The summed E-state index contributed by atoms with van der Waals surface area (Å²) in [5.41, 5.74) is 9.50. The zero-order chi connectivity index (χ0) is 13.1. The van der Waals surface area contributed by atoms with Gasteiger partial charge in [-0.25, -0.2) is 0 Å². The van der Waals surface area contributed by atoms with E-state index in [9.17, 15) is 0 Å². The zero-order valence-electron chi connectivity index (χ0n) is 11.8. The lowest BCUT2D eigenvalue weighted by atomic mass is 9.76. The lowest BCUT2D eigenvalue weighted by Crippen LogP contribution is -2.38. The number of benzene rings is 1. The minimum Gasteiger partial charge on any atom is -0.321 e. The molecule has 3 rings (SSSR count). The molecule has 1 aromatic rings. The zero-order valence-corrected chi connectivity index (χ0v) is 11.8. The highest BCUT2D eigenvalue weighted by molar-refractivity contribution is 5.32. The summed E-state index contributed by atoms with van der Waals surface area (Å²) in [6.07, 6.45) is 8.77. The largest absolute Gasteiger partial charge is 0.321 e. The molecule has 2 heteroatoms. The van der Waals surface area contributed by atoms with Crippen molar-refractivity contribution >= 4 is 0 Å². The van der Waals surface area contributed by atoms with E-state index in [0.29, 0.717) is 0 Å². The van der Waals surface area contributed by atoms with Crippen LogP contribution in [0.15, 0.2) is 24.3 Å². The van der Waals surface area contributed by atoms with Gasteiger partial charge >= 0.3 is 0 Å². The molecule has 0 radical (unpaired) electrons. The van der Waals surface area contributed by atoms with Gasteiger partial charge in [-0.05, 0) is 55.8 Å². The van der Waals surface area contributed by atoms with Crippen molar-refractivity contribution < 1.29 is 0 Å². The molecule has 1 saturated heterocycles. The monoisotopic (exact) mass is 258 g/mol. The van der Waals surface area contributed by atoms with Crippen LogP contribution in [0.1, 0.15) is 62.0 Å². The average molecular weight is 258 g/mol. The maximum atomic E-state index is 6.67. The van der Waals surface area contributed by atoms with E-state index in [-0.39, 0.29) is 5.54 Å². The van der Waals surface area contributed by atoms with Crippen LogP contribution in [0.2, 0.25) is 0 Å². The first-order valence-electron chi connectivity index (χ1n) is 7.88. The molecule has 1 aliphatic heterocycles. The molecule has 2 aliphatic rings. The molecule has 0 unspecified atom stereocenters. The number of nitrogens with one attached hydrogen (secondary N) is 1. The predicted octanol–water partition coefficient (Wildman–Crippen LogP) is 3.27. The standard InChI is InChI=1S/C17H26N2/c18-17(9-2-1-3-10-17)16-6-4-5-15(13-16)14-7-11-19-12-8-14/h4-6,13-14,19H,1-3,7-12,18H2. The third kappa shape index (κ3) is 2.85. The Kier molecular flexibility index (Phi) is 3.90. The Morgan fingerprint density at radius 1 is 1.05 bits per heavy atom. The van der Waals surface area contributed by atoms with Gasteiger partial charge in [0.05, 0.1) is 0 Å². The maximum absolute atomic E-state index is 6.67. The second-order valence-corrected chi connectivity index (χ2v) is 6.37. The first-order valence-corrected chi connectivity index (χ1v) is 7.88. The summed E-state index contributed by atoms with van der Waals surface area (Å²) < 4.78 is 0. The highest BCUT2D eigenvalue weighted by Crippen LogP contribution is 2.36. The first kappa shape index (κ1) is 13.1. The summed E-state index contributed by atoms with van der Waals surface area (Å²) in [7, 11) is 0. The van der Waals surface area contributed by atoms with Crippen molar-refractivity contribution in [3.8, 4) is 0 Å². The van der Waals surface area contributed by atoms with Gasteiger partial charge in [0.25, 0.3) is 0 Å². The van der Waals surface area contributed by atoms with Gasteiger partial charge in [0, 0.05) is 5.54 Å². The van der Waals surface area contributed by atoms with Crippen LogP contribution in [0.3, 0.4) is 0 Å². The molecule has 19 heavy (non-hydrogen) atoms. The molecule has 1 saturated carbocycles. The minimum absolute atomic E-state index is 0.0544. The number of nitrogens with two attached hydrogens (primary N) is 1. The van der Waals surface area contributed by atoms with Gasteiger partial charge in [-0.2, -0.15) is 0 Å². The van der Waals surface area contributed by atoms with E-state index in [4.69, 9.17) is 5.73 Å². The molecule has 2 fully saturated rings. The number of piperidine rings is 1. The minimum atomic E-state index is -0.0544. The van der Waals surface area contributed by atoms with Crippen LogP contribution < -0.4 is 11.1 Å². The molecule has 0 bridgehead atoms. The molecule has 104 valence electrons. The number of rotatable bonds is 2. The van der Waals surface area contributed by atoms with E-state index >= 15 is 0 Å². The highest BCUT2D eigenvalue weighted by atomic mass is 14.9. The molecule has 1 heterocycles. The van der Waals surface area contributed by atoms with E-state index in [2.05, 4.69) is 29.6 Å². The molecular weight excluding hydrogens is 232 g/mol. The fourth-order valence-corrected chi connectivity index (χ4v) is 3.73. The summed E-state index contributed by atoms with van der Waals surface area (Å²) >= 11 is 0. The topological polar surface area (TPSA) is 38.0 Å². The van der Waals surface area contributed by atoms with Crippen molar-refractivity contribution in [3.05, 3.63) is 35.4 Å². The van der Waals surface area contributed by atoms with Crippen LogP contribution in [-0.2, 0) is 5.54 Å². The van der Waals surface area contributed by atoms with Gasteiger partial charge in [-0.3, -0.25) is 0 Å². The van der Waals surface area contributed by atoms with Crippen LogP contribution in [0.5, 0.6) is 0 Å². The Morgan fingerprint density at radius 2 is 1.79 bits per heavy atom. The van der Waals surface area contributed by atoms with Gasteiger partial charge in [-0.1, -0.05) is 43.5 Å². The number of hydrogen-bond acceptors (Lipinski definition) is 2. The smallest absolute Gasteiger partial charge is 0.0409 e. The quantitative estimate of drug-likeness (QED) is 0.854. The molecule has 0 aromatic heterocycles. The van der Waals surface area contributed by atoms with Gasteiger partial charge in [0.1, 0.15) is 0 Å². The van der Waals surface area contributed by atoms with E-state index in [0.717, 1.165) is 31.8 Å². The molecular formula is C17H26N2. The molecule has 3 N–H and O–H groups in total. The van der Waals surface area contributed by atoms with Crippen molar-refractivity contribution in [2.45, 2.75) is 56.4 Å². The second kappa shape index (κ2) is 5.64. The van der Waals surface area contributed by atoms with Crippen molar-refractivity contribution in [1.82, 2.24) is 5.32 Å². The fourth-order valence-electron chi connectivity index (χ4n) is 3.73. The van der Waals surface area contributed by atoms with Gasteiger partial charge in [0.2, 0.25) is 0 Å². The summed E-state index contributed by atoms with van der Waals surface area (Å²) in [6.45, 7) is 2.31. The van der Waals surface area contributed by atoms with E-state index in [1.54, 1.807) is 0 Å². The van der Waals surface area contributed by atoms with Gasteiger partial charge in [0.15, 0.2) is 0 Å². The van der Waals surface area contributed by atoms with Crippen LogP contribution in [0.4, 0.5) is 0 Å². The van der Waals surface area contributed by atoms with Crippen LogP contribution >= 0.6 is 0 Å². The SMILES string of the molecule is NC1(c2cccc(C3CCNCC3)c2)CCCCC1. The predicted molar refractivity (Wildman–Crippen MR) is 80.2 cm³/mol. The van der Waals surface area contributed by atoms with E-state index in [1.165, 1.54) is 43.2 Å². The van der Waals surface area contributed by atoms with E-state index in [1.807, 2.05) is 0 Å². The molecule has 0 spiro atoms. The van der Waals surface area contributed by atoms with Gasteiger partial charge < -0.3 is 11.1 Å². The Bertz CT molecular complexity index is 415. The molecule has 1 aromatic carbocycles. The maximum Gasteiger partial charge on any atom is 0.0409 e. The van der Waals surface area contributed by atoms with Crippen LogP contribution in [0, 0.1) is 0 Å². The molecule has 0 amide bonds. The Hall–Kier alpha value is -0.860. The molecule has 2 nitrogen and oxygen atoms in total. The molecule has 0 atom stereocenters. The van der Waals surface area contributed by atoms with Crippen LogP contribution in [-0.4, -0.2) is 13.1 Å². The van der Waals surface area contributed by atoms with Crippen molar-refractivity contribution in [1.29, 1.82) is 0 Å². The lowest BCUT2D eigenvalue weighted by Gasteiger charge is -2.35. The summed E-state index contributed by atoms with van der Waals surface area (Å²) in [5, 5.41) is 3.45. The van der Waals surface area contributed by atoms with Gasteiger partial charge in [-0.15, -0.1) is 0 Å². The fraction of sp³-hybridized carbons (Fsp3) is 0.647. The second-order valence-electron chi connectivity index (χ2n) is 6.37.